The fourth-order valence-corrected chi connectivity index (χ4v) is 4.08. The number of rotatable bonds is 6. The molecule has 2 nitrogen and oxygen atoms in total. The largest absolute Gasteiger partial charge is 0.370 e. The summed E-state index contributed by atoms with van der Waals surface area (Å²) in [6.45, 7) is 12.0. The Bertz CT molecular complexity index is 493. The van der Waals surface area contributed by atoms with Crippen molar-refractivity contribution in [3.05, 3.63) is 36.5 Å². The molecule has 4 atom stereocenters. The first-order valence-electron chi connectivity index (χ1n) is 8.11. The van der Waals surface area contributed by atoms with Crippen LogP contribution in [-0.4, -0.2) is 33.5 Å². The lowest BCUT2D eigenvalue weighted by molar-refractivity contribution is -0.0637. The maximum absolute atomic E-state index is 6.03. The highest BCUT2D eigenvalue weighted by molar-refractivity contribution is 6.76. The predicted molar refractivity (Wildman–Crippen MR) is 95.5 cm³/mol. The molecule has 0 aromatic heterocycles. The second-order valence-electron chi connectivity index (χ2n) is 7.46. The third kappa shape index (κ3) is 4.46. The van der Waals surface area contributed by atoms with Gasteiger partial charge in [-0.25, -0.2) is 0 Å². The van der Waals surface area contributed by atoms with Crippen LogP contribution in [0.25, 0.3) is 0 Å². The van der Waals surface area contributed by atoms with Crippen molar-refractivity contribution in [2.24, 2.45) is 11.8 Å². The van der Waals surface area contributed by atoms with E-state index in [-0.39, 0.29) is 12.2 Å². The zero-order chi connectivity index (χ0) is 16.2. The van der Waals surface area contributed by atoms with E-state index in [1.807, 2.05) is 6.08 Å². The van der Waals surface area contributed by atoms with Gasteiger partial charge in [-0.3, -0.25) is 0 Å². The van der Waals surface area contributed by atoms with Gasteiger partial charge in [0.1, 0.15) is 6.61 Å². The molecule has 1 aliphatic heterocycles. The lowest BCUT2D eigenvalue weighted by atomic mass is 9.98. The molecule has 120 valence electrons. The van der Waals surface area contributed by atoms with E-state index in [1.165, 1.54) is 11.6 Å². The highest BCUT2D eigenvalue weighted by Gasteiger charge is 2.44. The Morgan fingerprint density at radius 3 is 2.91 bits per heavy atom. The smallest absolute Gasteiger partial charge is 0.107 e. The quantitative estimate of drug-likeness (QED) is 0.418. The predicted octanol–water partition coefficient (Wildman–Crippen LogP) is 4.05. The van der Waals surface area contributed by atoms with Crippen molar-refractivity contribution in [1.29, 1.82) is 0 Å². The molecule has 0 spiro atoms. The first-order valence-corrected chi connectivity index (χ1v) is 11.8. The molecule has 2 rings (SSSR count). The lowest BCUT2D eigenvalue weighted by Crippen LogP contribution is -2.35. The zero-order valence-electron chi connectivity index (χ0n) is 14.0. The number of allylic oxidation sites excluding steroid dienone is 1. The molecule has 1 unspecified atom stereocenters. The van der Waals surface area contributed by atoms with Gasteiger partial charge in [-0.1, -0.05) is 56.4 Å². The van der Waals surface area contributed by atoms with Crippen molar-refractivity contribution in [3.8, 4) is 12.3 Å². The number of ether oxygens (including phenoxy) is 2. The van der Waals surface area contributed by atoms with Crippen molar-refractivity contribution in [2.45, 2.75) is 44.3 Å². The second kappa shape index (κ2) is 7.46. The molecule has 1 aliphatic carbocycles. The van der Waals surface area contributed by atoms with E-state index in [0.29, 0.717) is 25.0 Å². The molecule has 0 bridgehead atoms. The van der Waals surface area contributed by atoms with Gasteiger partial charge >= 0.3 is 0 Å². The van der Waals surface area contributed by atoms with E-state index < -0.39 is 8.07 Å². The van der Waals surface area contributed by atoms with Crippen LogP contribution in [0.4, 0.5) is 0 Å². The Balaban J connectivity index is 2.09. The van der Waals surface area contributed by atoms with E-state index in [9.17, 15) is 0 Å². The molecule has 1 fully saturated rings. The Hall–Kier alpha value is -1.08. The summed E-state index contributed by atoms with van der Waals surface area (Å²) in [5.74, 6) is 3.38. The van der Waals surface area contributed by atoms with Gasteiger partial charge in [0, 0.05) is 19.9 Å². The molecule has 0 saturated heterocycles. The molecule has 0 amide bonds. The second-order valence-corrected chi connectivity index (χ2v) is 13.0. The van der Waals surface area contributed by atoms with Crippen molar-refractivity contribution in [1.82, 2.24) is 0 Å². The van der Waals surface area contributed by atoms with Crippen molar-refractivity contribution < 1.29 is 9.47 Å². The average molecular weight is 317 g/mol. The molecule has 0 aromatic rings. The van der Waals surface area contributed by atoms with Gasteiger partial charge in [-0.2, -0.15) is 0 Å². The lowest BCUT2D eigenvalue weighted by Gasteiger charge is -2.28. The summed E-state index contributed by atoms with van der Waals surface area (Å²) in [7, 11) is -1.05. The minimum absolute atomic E-state index is 0.0709. The summed E-state index contributed by atoms with van der Waals surface area (Å²) in [6.07, 6.45) is 15.5. The number of fused-ring (bicyclic) bond motifs is 1. The number of hydrogen-bond acceptors (Lipinski definition) is 2. The summed E-state index contributed by atoms with van der Waals surface area (Å²) < 4.78 is 12.0. The fraction of sp³-hybridized carbons (Fsp3) is 0.579. The van der Waals surface area contributed by atoms with Gasteiger partial charge in [-0.05, 0) is 18.0 Å². The van der Waals surface area contributed by atoms with Gasteiger partial charge in [0.15, 0.2) is 0 Å². The SMILES string of the molecule is C#CCO[C@H]1C2OCC(C=C)=C[C@H]2C[C@H]1/C=C/C[Si](C)(C)C. The Kier molecular flexibility index (Phi) is 5.85. The van der Waals surface area contributed by atoms with Crippen LogP contribution in [0.1, 0.15) is 6.42 Å². The Labute approximate surface area is 136 Å². The molecular weight excluding hydrogens is 288 g/mol. The molecule has 1 saturated carbocycles. The van der Waals surface area contributed by atoms with E-state index in [0.717, 1.165) is 6.42 Å². The van der Waals surface area contributed by atoms with Crippen LogP contribution in [0.15, 0.2) is 36.5 Å². The third-order valence-corrected chi connectivity index (χ3v) is 5.78. The van der Waals surface area contributed by atoms with E-state index in [4.69, 9.17) is 15.9 Å². The molecule has 1 heterocycles. The molecular formula is C19H28O2Si. The average Bonchev–Trinajstić information content (AvgIpc) is 2.80. The Morgan fingerprint density at radius 1 is 1.50 bits per heavy atom. The maximum atomic E-state index is 6.03. The van der Waals surface area contributed by atoms with E-state index in [2.05, 4.69) is 50.4 Å². The first kappa shape index (κ1) is 17.3. The van der Waals surface area contributed by atoms with Crippen molar-refractivity contribution >= 4 is 8.07 Å². The summed E-state index contributed by atoms with van der Waals surface area (Å²) in [4.78, 5) is 0. The standard InChI is InChI=1S/C19H28O2Si/c1-6-10-20-18-16(9-8-11-22(3,4)5)13-17-12-15(7-2)14-21-19(17)18/h1,7-9,12,16-19H,2,10-11,13-14H2,3-5H3/b9-8+/t16-,17+,18-,19?/m1/s1. The Morgan fingerprint density at radius 2 is 2.27 bits per heavy atom. The summed E-state index contributed by atoms with van der Waals surface area (Å²) in [5, 5.41) is 0. The summed E-state index contributed by atoms with van der Waals surface area (Å²) in [5.41, 5.74) is 1.18. The van der Waals surface area contributed by atoms with Crippen LogP contribution < -0.4 is 0 Å². The minimum atomic E-state index is -1.05. The molecule has 0 radical (unpaired) electrons. The van der Waals surface area contributed by atoms with Crippen LogP contribution in [0.3, 0.4) is 0 Å². The van der Waals surface area contributed by atoms with Gasteiger partial charge in [0.05, 0.1) is 18.8 Å². The van der Waals surface area contributed by atoms with E-state index in [1.54, 1.807) is 0 Å². The summed E-state index contributed by atoms with van der Waals surface area (Å²) in [6, 6.07) is 1.20. The van der Waals surface area contributed by atoms with Gasteiger partial charge < -0.3 is 9.47 Å². The molecule has 2 aliphatic rings. The van der Waals surface area contributed by atoms with Gasteiger partial charge in [0.25, 0.3) is 0 Å². The van der Waals surface area contributed by atoms with Gasteiger partial charge in [0.2, 0.25) is 0 Å². The zero-order valence-corrected chi connectivity index (χ0v) is 15.0. The summed E-state index contributed by atoms with van der Waals surface area (Å²) >= 11 is 0. The topological polar surface area (TPSA) is 18.5 Å². The minimum Gasteiger partial charge on any atom is -0.370 e. The maximum Gasteiger partial charge on any atom is 0.107 e. The van der Waals surface area contributed by atoms with Crippen LogP contribution in [-0.2, 0) is 9.47 Å². The molecule has 22 heavy (non-hydrogen) atoms. The molecule has 3 heteroatoms. The van der Waals surface area contributed by atoms with Crippen LogP contribution in [0.5, 0.6) is 0 Å². The fourth-order valence-electron chi connectivity index (χ4n) is 3.24. The molecule has 0 N–H and O–H groups in total. The molecule has 0 aromatic carbocycles. The van der Waals surface area contributed by atoms with Crippen molar-refractivity contribution in [2.75, 3.05) is 13.2 Å². The third-order valence-electron chi connectivity index (χ3n) is 4.32. The number of hydrogen-bond donors (Lipinski definition) is 0. The normalized spacial score (nSPS) is 31.6. The van der Waals surface area contributed by atoms with Crippen molar-refractivity contribution in [3.63, 3.8) is 0 Å². The van der Waals surface area contributed by atoms with Crippen LogP contribution in [0, 0.1) is 24.2 Å². The van der Waals surface area contributed by atoms with E-state index >= 15 is 0 Å². The monoisotopic (exact) mass is 316 g/mol. The highest BCUT2D eigenvalue weighted by Crippen LogP contribution is 2.40. The number of terminal acetylenes is 1. The van der Waals surface area contributed by atoms with Crippen LogP contribution in [0.2, 0.25) is 25.7 Å². The van der Waals surface area contributed by atoms with Gasteiger partial charge in [-0.15, -0.1) is 6.42 Å². The van der Waals surface area contributed by atoms with Crippen LogP contribution >= 0.6 is 0 Å². The highest BCUT2D eigenvalue weighted by atomic mass is 28.3. The first-order chi connectivity index (χ1) is 10.4.